The molecule has 0 fully saturated rings. The molecule has 0 saturated carbocycles. The third-order valence-corrected chi connectivity index (χ3v) is 4.31. The monoisotopic (exact) mass is 371 g/mol. The molecule has 6 heteroatoms. The molecule has 3 rings (SSSR count). The molecule has 23 heavy (non-hydrogen) atoms. The molecular weight excluding hydrogens is 358 g/mol. The Bertz CT molecular complexity index is 874. The minimum absolute atomic E-state index is 0.279. The van der Waals surface area contributed by atoms with Crippen molar-refractivity contribution in [1.29, 1.82) is 0 Å². The third-order valence-electron chi connectivity index (χ3n) is 3.62. The van der Waals surface area contributed by atoms with Crippen molar-refractivity contribution in [2.24, 2.45) is 0 Å². The highest BCUT2D eigenvalue weighted by atomic mass is 79.9. The van der Waals surface area contributed by atoms with Crippen molar-refractivity contribution in [3.8, 4) is 11.3 Å². The van der Waals surface area contributed by atoms with Gasteiger partial charge in [0.05, 0.1) is 5.56 Å². The van der Waals surface area contributed by atoms with Gasteiger partial charge in [-0.15, -0.1) is 0 Å². The zero-order valence-corrected chi connectivity index (χ0v) is 14.2. The summed E-state index contributed by atoms with van der Waals surface area (Å²) in [5, 5.41) is 10.5. The number of aryl methyl sites for hydroxylation is 2. The second-order valence-corrected chi connectivity index (χ2v) is 6.05. The Labute approximate surface area is 141 Å². The average molecular weight is 372 g/mol. The van der Waals surface area contributed by atoms with Crippen molar-refractivity contribution in [2.45, 2.75) is 13.8 Å². The number of benzene rings is 2. The number of halogens is 1. The van der Waals surface area contributed by atoms with Crippen LogP contribution in [0.2, 0.25) is 0 Å². The molecular formula is C17H14BrN3O2. The third kappa shape index (κ3) is 3.17. The number of nitrogens with zero attached hydrogens (tertiary/aromatic N) is 2. The van der Waals surface area contributed by atoms with E-state index in [0.717, 1.165) is 11.1 Å². The number of amides is 1. The normalized spacial score (nSPS) is 10.6. The van der Waals surface area contributed by atoms with Crippen LogP contribution in [0.3, 0.4) is 0 Å². The summed E-state index contributed by atoms with van der Waals surface area (Å²) >= 11 is 3.36. The van der Waals surface area contributed by atoms with Crippen molar-refractivity contribution in [1.82, 2.24) is 10.3 Å². The number of anilines is 1. The van der Waals surface area contributed by atoms with Gasteiger partial charge in [-0.25, -0.2) is 4.63 Å². The predicted molar refractivity (Wildman–Crippen MR) is 91.3 cm³/mol. The molecule has 0 spiro atoms. The van der Waals surface area contributed by atoms with Crippen LogP contribution in [0.15, 0.2) is 51.6 Å². The first-order valence-electron chi connectivity index (χ1n) is 7.02. The molecule has 0 bridgehead atoms. The molecule has 2 aromatic carbocycles. The molecule has 0 aliphatic carbocycles. The van der Waals surface area contributed by atoms with Gasteiger partial charge in [-0.1, -0.05) is 24.3 Å². The average Bonchev–Trinajstić information content (AvgIpc) is 2.98. The van der Waals surface area contributed by atoms with E-state index in [0.29, 0.717) is 21.5 Å². The SMILES string of the molecule is Cc1ccc(-c2nonc2NC(=O)c2ccccc2Br)cc1C. The topological polar surface area (TPSA) is 68.0 Å². The van der Waals surface area contributed by atoms with Crippen LogP contribution in [0, 0.1) is 13.8 Å². The molecule has 0 aliphatic heterocycles. The molecule has 0 aliphatic rings. The van der Waals surface area contributed by atoms with E-state index in [1.165, 1.54) is 5.56 Å². The van der Waals surface area contributed by atoms with Gasteiger partial charge in [-0.05, 0) is 69.4 Å². The lowest BCUT2D eigenvalue weighted by atomic mass is 10.0. The predicted octanol–water partition coefficient (Wildman–Crippen LogP) is 4.37. The van der Waals surface area contributed by atoms with E-state index in [4.69, 9.17) is 4.63 Å². The van der Waals surface area contributed by atoms with Gasteiger partial charge in [0.2, 0.25) is 5.82 Å². The number of nitrogens with one attached hydrogen (secondary N) is 1. The van der Waals surface area contributed by atoms with Crippen LogP contribution in [0.4, 0.5) is 5.82 Å². The fourth-order valence-corrected chi connectivity index (χ4v) is 2.63. The van der Waals surface area contributed by atoms with E-state index in [9.17, 15) is 4.79 Å². The Morgan fingerprint density at radius 2 is 1.87 bits per heavy atom. The molecule has 0 saturated heterocycles. The number of hydrogen-bond acceptors (Lipinski definition) is 4. The van der Waals surface area contributed by atoms with Gasteiger partial charge in [0.25, 0.3) is 5.91 Å². The molecule has 1 amide bonds. The van der Waals surface area contributed by atoms with Crippen LogP contribution in [0.5, 0.6) is 0 Å². The second-order valence-electron chi connectivity index (χ2n) is 5.19. The van der Waals surface area contributed by atoms with E-state index in [1.807, 2.05) is 38.1 Å². The Kier molecular flexibility index (Phi) is 4.25. The van der Waals surface area contributed by atoms with Gasteiger partial charge in [0, 0.05) is 10.0 Å². The molecule has 1 aromatic heterocycles. The molecule has 1 heterocycles. The smallest absolute Gasteiger partial charge is 0.258 e. The summed E-state index contributed by atoms with van der Waals surface area (Å²) in [6.07, 6.45) is 0. The highest BCUT2D eigenvalue weighted by molar-refractivity contribution is 9.10. The standard InChI is InChI=1S/C17H14BrN3O2/c1-10-7-8-12(9-11(10)2)15-16(21-23-20-15)19-17(22)13-5-3-4-6-14(13)18/h3-9H,1-2H3,(H,19,21,22). The van der Waals surface area contributed by atoms with E-state index >= 15 is 0 Å². The van der Waals surface area contributed by atoms with Crippen LogP contribution in [-0.2, 0) is 0 Å². The van der Waals surface area contributed by atoms with Crippen molar-refractivity contribution >= 4 is 27.7 Å². The molecule has 0 atom stereocenters. The number of aromatic nitrogens is 2. The van der Waals surface area contributed by atoms with Crippen LogP contribution in [-0.4, -0.2) is 16.2 Å². The first kappa shape index (κ1) is 15.4. The van der Waals surface area contributed by atoms with Crippen molar-refractivity contribution in [2.75, 3.05) is 5.32 Å². The van der Waals surface area contributed by atoms with Crippen molar-refractivity contribution < 1.29 is 9.42 Å². The van der Waals surface area contributed by atoms with Gasteiger partial charge in [-0.2, -0.15) is 0 Å². The molecule has 1 N–H and O–H groups in total. The summed E-state index contributed by atoms with van der Waals surface area (Å²) in [5.41, 5.74) is 4.18. The van der Waals surface area contributed by atoms with Crippen molar-refractivity contribution in [3.63, 3.8) is 0 Å². The summed E-state index contributed by atoms with van der Waals surface area (Å²) in [6, 6.07) is 13.1. The van der Waals surface area contributed by atoms with Crippen molar-refractivity contribution in [3.05, 3.63) is 63.6 Å². The molecule has 0 radical (unpaired) electrons. The largest absolute Gasteiger partial charge is 0.302 e. The lowest BCUT2D eigenvalue weighted by Crippen LogP contribution is -2.13. The Morgan fingerprint density at radius 3 is 2.61 bits per heavy atom. The number of hydrogen-bond donors (Lipinski definition) is 1. The van der Waals surface area contributed by atoms with Gasteiger partial charge in [0.1, 0.15) is 0 Å². The molecule has 116 valence electrons. The van der Waals surface area contributed by atoms with Crippen LogP contribution in [0.25, 0.3) is 11.3 Å². The van der Waals surface area contributed by atoms with Crippen LogP contribution >= 0.6 is 15.9 Å². The summed E-state index contributed by atoms with van der Waals surface area (Å²) < 4.78 is 5.52. The quantitative estimate of drug-likeness (QED) is 0.742. The number of carbonyl (C=O) groups is 1. The Morgan fingerprint density at radius 1 is 1.09 bits per heavy atom. The molecule has 3 aromatic rings. The second kappa shape index (κ2) is 6.34. The fourth-order valence-electron chi connectivity index (χ4n) is 2.17. The maximum absolute atomic E-state index is 12.4. The van der Waals surface area contributed by atoms with Crippen LogP contribution in [0.1, 0.15) is 21.5 Å². The molecule has 0 unspecified atom stereocenters. The van der Waals surface area contributed by atoms with Gasteiger partial charge in [0.15, 0.2) is 5.69 Å². The zero-order valence-electron chi connectivity index (χ0n) is 12.6. The van der Waals surface area contributed by atoms with Crippen LogP contribution < -0.4 is 5.32 Å². The maximum Gasteiger partial charge on any atom is 0.258 e. The first-order chi connectivity index (χ1) is 11.1. The zero-order chi connectivity index (χ0) is 16.4. The summed E-state index contributed by atoms with van der Waals surface area (Å²) in [5.74, 6) is 0.0206. The molecule has 5 nitrogen and oxygen atoms in total. The number of carbonyl (C=O) groups excluding carboxylic acids is 1. The van der Waals surface area contributed by atoms with E-state index in [1.54, 1.807) is 18.2 Å². The minimum atomic E-state index is -0.279. The highest BCUT2D eigenvalue weighted by Crippen LogP contribution is 2.27. The lowest BCUT2D eigenvalue weighted by molar-refractivity contribution is 0.102. The summed E-state index contributed by atoms with van der Waals surface area (Å²) in [7, 11) is 0. The Balaban J connectivity index is 1.91. The summed E-state index contributed by atoms with van der Waals surface area (Å²) in [4.78, 5) is 12.4. The van der Waals surface area contributed by atoms with Gasteiger partial charge in [-0.3, -0.25) is 4.79 Å². The number of rotatable bonds is 3. The fraction of sp³-hybridized carbons (Fsp3) is 0.118. The minimum Gasteiger partial charge on any atom is -0.302 e. The van der Waals surface area contributed by atoms with E-state index in [2.05, 4.69) is 31.6 Å². The van der Waals surface area contributed by atoms with Gasteiger partial charge >= 0.3 is 0 Å². The summed E-state index contributed by atoms with van der Waals surface area (Å²) in [6.45, 7) is 4.06. The first-order valence-corrected chi connectivity index (χ1v) is 7.81. The van der Waals surface area contributed by atoms with E-state index in [-0.39, 0.29) is 5.91 Å². The highest BCUT2D eigenvalue weighted by Gasteiger charge is 2.17. The van der Waals surface area contributed by atoms with Gasteiger partial charge < -0.3 is 5.32 Å². The lowest BCUT2D eigenvalue weighted by Gasteiger charge is -2.06. The maximum atomic E-state index is 12.4. The Hall–Kier alpha value is -2.47. The van der Waals surface area contributed by atoms with E-state index < -0.39 is 0 Å².